The summed E-state index contributed by atoms with van der Waals surface area (Å²) in [4.78, 5) is 12.3. The van der Waals surface area contributed by atoms with Crippen molar-refractivity contribution in [3.63, 3.8) is 0 Å². The average molecular weight is 459 g/mol. The molecule has 2 aliphatic heterocycles. The molecule has 6 heteroatoms. The lowest BCUT2D eigenvalue weighted by atomic mass is 9.87. The van der Waals surface area contributed by atoms with Crippen LogP contribution in [0, 0.1) is 5.92 Å². The minimum absolute atomic E-state index is 0.0331. The van der Waals surface area contributed by atoms with Gasteiger partial charge in [-0.05, 0) is 62.5 Å². The summed E-state index contributed by atoms with van der Waals surface area (Å²) in [6.07, 6.45) is 4.09. The highest BCUT2D eigenvalue weighted by atomic mass is 28.4. The summed E-state index contributed by atoms with van der Waals surface area (Å²) in [6, 6.07) is 2.06. The molecule has 0 aromatic carbocycles. The van der Waals surface area contributed by atoms with E-state index in [0.717, 1.165) is 28.2 Å². The fourth-order valence-corrected chi connectivity index (χ4v) is 4.83. The summed E-state index contributed by atoms with van der Waals surface area (Å²) < 4.78 is 18.2. The summed E-state index contributed by atoms with van der Waals surface area (Å²) >= 11 is 0. The Labute approximate surface area is 193 Å². The van der Waals surface area contributed by atoms with Crippen LogP contribution < -0.4 is 0 Å². The lowest BCUT2D eigenvalue weighted by Gasteiger charge is -2.36. The Balaban J connectivity index is 1.95. The standard InChI is InChI=1S/C26H38O5Si/c1-16(2)18-12-23(27)22-14-21(31-25(22)28)10-17(3)9-20-11-19(24(13-18)30-20)15-29-32(7,8)26(4,5)6/h9,11,14,18,21,23,27H,1,10,12-13,15H2,2-8H3/b17-9+/t18-,21+,23?/m0/s1. The van der Waals surface area contributed by atoms with Gasteiger partial charge in [0.15, 0.2) is 8.32 Å². The van der Waals surface area contributed by atoms with Crippen LogP contribution in [0.15, 0.2) is 39.9 Å². The maximum absolute atomic E-state index is 12.3. The molecule has 1 aromatic heterocycles. The fourth-order valence-electron chi connectivity index (χ4n) is 3.88. The van der Waals surface area contributed by atoms with Gasteiger partial charge < -0.3 is 18.7 Å². The highest BCUT2D eigenvalue weighted by molar-refractivity contribution is 6.74. The lowest BCUT2D eigenvalue weighted by molar-refractivity contribution is -0.140. The molecule has 176 valence electrons. The second-order valence-electron chi connectivity index (χ2n) is 10.9. The van der Waals surface area contributed by atoms with Gasteiger partial charge >= 0.3 is 5.97 Å². The monoisotopic (exact) mass is 458 g/mol. The van der Waals surface area contributed by atoms with Crippen LogP contribution in [0.5, 0.6) is 0 Å². The van der Waals surface area contributed by atoms with E-state index in [0.29, 0.717) is 31.4 Å². The Morgan fingerprint density at radius 1 is 1.31 bits per heavy atom. The van der Waals surface area contributed by atoms with Gasteiger partial charge in [-0.1, -0.05) is 38.5 Å². The summed E-state index contributed by atoms with van der Waals surface area (Å²) in [5, 5.41) is 10.9. The van der Waals surface area contributed by atoms with Crippen LogP contribution >= 0.6 is 0 Å². The molecule has 0 aliphatic carbocycles. The lowest BCUT2D eigenvalue weighted by Crippen LogP contribution is -2.40. The quantitative estimate of drug-likeness (QED) is 0.343. The number of rotatable bonds is 4. The Bertz CT molecular complexity index is 944. The van der Waals surface area contributed by atoms with Crippen molar-refractivity contribution >= 4 is 20.4 Å². The molecule has 2 aliphatic rings. The van der Waals surface area contributed by atoms with Crippen molar-refractivity contribution in [2.75, 3.05) is 0 Å². The van der Waals surface area contributed by atoms with E-state index >= 15 is 0 Å². The van der Waals surface area contributed by atoms with Crippen molar-refractivity contribution in [3.8, 4) is 0 Å². The van der Waals surface area contributed by atoms with Crippen LogP contribution in [0.1, 0.15) is 64.5 Å². The van der Waals surface area contributed by atoms with Crippen molar-refractivity contribution < 1.29 is 23.5 Å². The van der Waals surface area contributed by atoms with E-state index in [1.165, 1.54) is 0 Å². The number of carbonyl (C=O) groups excluding carboxylic acids is 1. The first-order valence-electron chi connectivity index (χ1n) is 11.5. The number of ether oxygens (including phenoxy) is 1. The van der Waals surface area contributed by atoms with E-state index < -0.39 is 20.4 Å². The second kappa shape index (κ2) is 9.16. The molecule has 5 nitrogen and oxygen atoms in total. The molecule has 0 fully saturated rings. The van der Waals surface area contributed by atoms with Crippen LogP contribution in [0.2, 0.25) is 18.1 Å². The molecule has 0 saturated carbocycles. The molecule has 0 saturated heterocycles. The summed E-state index contributed by atoms with van der Waals surface area (Å²) in [6.45, 7) is 19.8. The topological polar surface area (TPSA) is 68.9 Å². The molecule has 3 rings (SSSR count). The molecule has 3 heterocycles. The van der Waals surface area contributed by atoms with Crippen LogP contribution in [-0.2, 0) is 27.0 Å². The molecule has 0 spiro atoms. The summed E-state index contributed by atoms with van der Waals surface area (Å²) in [5.41, 5.74) is 3.39. The zero-order valence-electron chi connectivity index (χ0n) is 20.6. The van der Waals surface area contributed by atoms with Crippen molar-refractivity contribution in [1.82, 2.24) is 0 Å². The second-order valence-corrected chi connectivity index (χ2v) is 15.7. The number of aliphatic hydroxyl groups is 1. The van der Waals surface area contributed by atoms with E-state index in [2.05, 4.69) is 46.5 Å². The third-order valence-electron chi connectivity index (χ3n) is 7.08. The van der Waals surface area contributed by atoms with Crippen LogP contribution in [-0.4, -0.2) is 31.6 Å². The molecule has 32 heavy (non-hydrogen) atoms. The number of hydrogen-bond acceptors (Lipinski definition) is 5. The molecular formula is C26H38O5Si. The zero-order chi connectivity index (χ0) is 23.8. The van der Waals surface area contributed by atoms with Crippen molar-refractivity contribution in [3.05, 3.63) is 52.5 Å². The molecule has 4 bridgehead atoms. The Kier molecular flexibility index (Phi) is 7.08. The van der Waals surface area contributed by atoms with Gasteiger partial charge in [-0.3, -0.25) is 0 Å². The fraction of sp³-hybridized carbons (Fsp3) is 0.577. The maximum Gasteiger partial charge on any atom is 0.337 e. The summed E-state index contributed by atoms with van der Waals surface area (Å²) in [7, 11) is -1.92. The van der Waals surface area contributed by atoms with E-state index in [9.17, 15) is 9.90 Å². The van der Waals surface area contributed by atoms with E-state index in [1.54, 1.807) is 6.08 Å². The molecule has 1 N–H and O–H groups in total. The first kappa shape index (κ1) is 24.7. The van der Waals surface area contributed by atoms with Crippen molar-refractivity contribution in [2.24, 2.45) is 5.92 Å². The normalized spacial score (nSPS) is 26.2. The number of hydrogen-bond donors (Lipinski definition) is 1. The minimum Gasteiger partial charge on any atom is -0.461 e. The van der Waals surface area contributed by atoms with Crippen LogP contribution in [0.4, 0.5) is 0 Å². The van der Waals surface area contributed by atoms with Crippen LogP contribution in [0.3, 0.4) is 0 Å². The summed E-state index contributed by atoms with van der Waals surface area (Å²) in [5.74, 6) is 1.19. The molecule has 1 unspecified atom stereocenters. The Morgan fingerprint density at radius 3 is 2.62 bits per heavy atom. The van der Waals surface area contributed by atoms with E-state index in [4.69, 9.17) is 13.6 Å². The number of fused-ring (bicyclic) bond motifs is 3. The highest BCUT2D eigenvalue weighted by Gasteiger charge is 2.38. The minimum atomic E-state index is -1.92. The molecule has 0 radical (unpaired) electrons. The maximum atomic E-state index is 12.3. The first-order chi connectivity index (χ1) is 14.8. The van der Waals surface area contributed by atoms with Gasteiger partial charge in [-0.25, -0.2) is 4.79 Å². The molecule has 0 amide bonds. The predicted octanol–water partition coefficient (Wildman–Crippen LogP) is 5.95. The number of furan rings is 1. The van der Waals surface area contributed by atoms with Gasteiger partial charge in [0.25, 0.3) is 0 Å². The number of carbonyl (C=O) groups is 1. The van der Waals surface area contributed by atoms with Crippen LogP contribution in [0.25, 0.3) is 6.08 Å². The largest absolute Gasteiger partial charge is 0.461 e. The average Bonchev–Trinajstić information content (AvgIpc) is 3.20. The highest BCUT2D eigenvalue weighted by Crippen LogP contribution is 2.38. The van der Waals surface area contributed by atoms with Gasteiger partial charge in [0.2, 0.25) is 0 Å². The zero-order valence-corrected chi connectivity index (χ0v) is 21.6. The first-order valence-corrected chi connectivity index (χ1v) is 14.4. The molecular weight excluding hydrogens is 420 g/mol. The third kappa shape index (κ3) is 5.53. The smallest absolute Gasteiger partial charge is 0.337 e. The van der Waals surface area contributed by atoms with Crippen molar-refractivity contribution in [2.45, 2.75) is 90.8 Å². The van der Waals surface area contributed by atoms with Gasteiger partial charge in [0.1, 0.15) is 17.6 Å². The van der Waals surface area contributed by atoms with E-state index in [1.807, 2.05) is 19.9 Å². The Hall–Kier alpha value is -1.89. The Morgan fingerprint density at radius 2 is 2.00 bits per heavy atom. The van der Waals surface area contributed by atoms with Gasteiger partial charge in [0, 0.05) is 18.4 Å². The number of allylic oxidation sites excluding steroid dienone is 1. The molecule has 1 aromatic rings. The van der Waals surface area contributed by atoms with Crippen molar-refractivity contribution in [1.29, 1.82) is 0 Å². The number of esters is 1. The predicted molar refractivity (Wildman–Crippen MR) is 130 cm³/mol. The van der Waals surface area contributed by atoms with Gasteiger partial charge in [-0.15, -0.1) is 0 Å². The van der Waals surface area contributed by atoms with Gasteiger partial charge in [0.05, 0.1) is 18.3 Å². The van der Waals surface area contributed by atoms with Gasteiger partial charge in [-0.2, -0.15) is 0 Å². The molecule has 3 atom stereocenters. The number of aliphatic hydroxyl groups excluding tert-OH is 1. The third-order valence-corrected chi connectivity index (χ3v) is 11.6. The van der Waals surface area contributed by atoms with E-state index in [-0.39, 0.29) is 17.1 Å². The SMILES string of the molecule is C=C(C)[C@@H]1Cc2oc(cc2CO[Si](C)(C)C(C)(C)C)/C=C(\C)C[C@@H]2C=C(C(=O)O2)C(O)C1.